The topological polar surface area (TPSA) is 70.7 Å². The third kappa shape index (κ3) is 4.54. The SMILES string of the molecule is CCOC(=O)N1CCC(NC(=O)Nc2ccccc2-c2cccs2)CC1. The second kappa shape index (κ2) is 8.71. The first-order chi connectivity index (χ1) is 12.7. The van der Waals surface area contributed by atoms with Crippen LogP contribution in [0.1, 0.15) is 19.8 Å². The first kappa shape index (κ1) is 18.3. The number of nitrogens with zero attached hydrogens (tertiary/aromatic N) is 1. The standard InChI is InChI=1S/C19H23N3O3S/c1-2-25-19(24)22-11-9-14(10-12-22)20-18(23)21-16-7-4-3-6-15(16)17-8-5-13-26-17/h3-8,13-14H,2,9-12H2,1H3,(H2,20,21,23). The number of para-hydroxylation sites is 1. The zero-order chi connectivity index (χ0) is 18.4. The molecule has 0 aliphatic carbocycles. The van der Waals surface area contributed by atoms with E-state index in [1.54, 1.807) is 23.2 Å². The molecule has 3 amide bonds. The summed E-state index contributed by atoms with van der Waals surface area (Å²) in [7, 11) is 0. The van der Waals surface area contributed by atoms with Gasteiger partial charge in [0.15, 0.2) is 0 Å². The molecule has 1 saturated heterocycles. The molecule has 138 valence electrons. The first-order valence-corrected chi connectivity index (χ1v) is 9.67. The molecule has 0 bridgehead atoms. The van der Waals surface area contributed by atoms with E-state index in [-0.39, 0.29) is 18.2 Å². The minimum atomic E-state index is -0.278. The highest BCUT2D eigenvalue weighted by molar-refractivity contribution is 7.13. The maximum atomic E-state index is 12.4. The van der Waals surface area contributed by atoms with Gasteiger partial charge in [-0.25, -0.2) is 9.59 Å². The second-order valence-electron chi connectivity index (χ2n) is 6.08. The van der Waals surface area contributed by atoms with Crippen molar-refractivity contribution in [2.45, 2.75) is 25.8 Å². The van der Waals surface area contributed by atoms with Crippen molar-refractivity contribution in [2.75, 3.05) is 25.0 Å². The fraction of sp³-hybridized carbons (Fsp3) is 0.368. The van der Waals surface area contributed by atoms with Gasteiger partial charge in [-0.15, -0.1) is 11.3 Å². The van der Waals surface area contributed by atoms with Gasteiger partial charge in [-0.05, 0) is 37.3 Å². The van der Waals surface area contributed by atoms with E-state index < -0.39 is 0 Å². The molecule has 2 N–H and O–H groups in total. The summed E-state index contributed by atoms with van der Waals surface area (Å²) < 4.78 is 5.01. The molecular formula is C19H23N3O3S. The lowest BCUT2D eigenvalue weighted by Gasteiger charge is -2.31. The summed E-state index contributed by atoms with van der Waals surface area (Å²) in [5.74, 6) is 0. The lowest BCUT2D eigenvalue weighted by molar-refractivity contribution is 0.0959. The largest absolute Gasteiger partial charge is 0.450 e. The fourth-order valence-corrected chi connectivity index (χ4v) is 3.77. The molecule has 0 unspecified atom stereocenters. The van der Waals surface area contributed by atoms with Crippen LogP contribution in [0.4, 0.5) is 15.3 Å². The Balaban J connectivity index is 1.54. The van der Waals surface area contributed by atoms with Gasteiger partial charge in [0, 0.05) is 29.6 Å². The Bertz CT molecular complexity index is 740. The van der Waals surface area contributed by atoms with Crippen LogP contribution >= 0.6 is 11.3 Å². The number of urea groups is 1. The van der Waals surface area contributed by atoms with Crippen LogP contribution in [-0.2, 0) is 4.74 Å². The van der Waals surface area contributed by atoms with Gasteiger partial charge in [0.25, 0.3) is 0 Å². The van der Waals surface area contributed by atoms with Crippen LogP contribution in [-0.4, -0.2) is 42.8 Å². The molecule has 26 heavy (non-hydrogen) atoms. The molecule has 0 spiro atoms. The Labute approximate surface area is 157 Å². The number of thiophene rings is 1. The number of nitrogens with one attached hydrogen (secondary N) is 2. The van der Waals surface area contributed by atoms with E-state index >= 15 is 0 Å². The van der Waals surface area contributed by atoms with Gasteiger partial charge in [-0.2, -0.15) is 0 Å². The third-order valence-corrected chi connectivity index (χ3v) is 5.22. The number of hydrogen-bond donors (Lipinski definition) is 2. The Hall–Kier alpha value is -2.54. The van der Waals surface area contributed by atoms with Crippen molar-refractivity contribution in [3.05, 3.63) is 41.8 Å². The van der Waals surface area contributed by atoms with Crippen molar-refractivity contribution in [3.63, 3.8) is 0 Å². The van der Waals surface area contributed by atoms with Crippen LogP contribution in [0.5, 0.6) is 0 Å². The highest BCUT2D eigenvalue weighted by atomic mass is 32.1. The predicted molar refractivity (Wildman–Crippen MR) is 104 cm³/mol. The van der Waals surface area contributed by atoms with E-state index in [2.05, 4.69) is 10.6 Å². The van der Waals surface area contributed by atoms with Gasteiger partial charge in [0.05, 0.1) is 12.3 Å². The van der Waals surface area contributed by atoms with Crippen molar-refractivity contribution in [3.8, 4) is 10.4 Å². The van der Waals surface area contributed by atoms with Crippen LogP contribution < -0.4 is 10.6 Å². The molecule has 6 nitrogen and oxygen atoms in total. The van der Waals surface area contributed by atoms with Crippen molar-refractivity contribution in [1.29, 1.82) is 0 Å². The molecule has 0 saturated carbocycles. The molecule has 2 heterocycles. The lowest BCUT2D eigenvalue weighted by atomic mass is 10.1. The highest BCUT2D eigenvalue weighted by Crippen LogP contribution is 2.31. The number of rotatable bonds is 4. The van der Waals surface area contributed by atoms with E-state index in [1.165, 1.54) is 0 Å². The van der Waals surface area contributed by atoms with E-state index in [0.29, 0.717) is 19.7 Å². The summed E-state index contributed by atoms with van der Waals surface area (Å²) in [4.78, 5) is 26.9. The van der Waals surface area contributed by atoms with Gasteiger partial charge >= 0.3 is 12.1 Å². The number of anilines is 1. The first-order valence-electron chi connectivity index (χ1n) is 8.79. The van der Waals surface area contributed by atoms with E-state index in [1.807, 2.05) is 41.8 Å². The highest BCUT2D eigenvalue weighted by Gasteiger charge is 2.24. The minimum Gasteiger partial charge on any atom is -0.450 e. The minimum absolute atomic E-state index is 0.0505. The predicted octanol–water partition coefficient (Wildman–Crippen LogP) is 4.16. The number of benzene rings is 1. The monoisotopic (exact) mass is 373 g/mol. The van der Waals surface area contributed by atoms with Crippen molar-refractivity contribution >= 4 is 29.1 Å². The van der Waals surface area contributed by atoms with Crippen LogP contribution in [0.15, 0.2) is 41.8 Å². The maximum absolute atomic E-state index is 12.4. The average molecular weight is 373 g/mol. The van der Waals surface area contributed by atoms with E-state index in [0.717, 1.165) is 29.0 Å². The number of piperidine rings is 1. The molecule has 7 heteroatoms. The van der Waals surface area contributed by atoms with Crippen LogP contribution in [0.2, 0.25) is 0 Å². The summed E-state index contributed by atoms with van der Waals surface area (Å²) in [6, 6.07) is 11.6. The normalized spacial score (nSPS) is 14.7. The fourth-order valence-electron chi connectivity index (χ4n) is 3.00. The van der Waals surface area contributed by atoms with Gasteiger partial charge in [0.2, 0.25) is 0 Å². The molecule has 1 fully saturated rings. The summed E-state index contributed by atoms with van der Waals surface area (Å²) in [6.45, 7) is 3.36. The summed E-state index contributed by atoms with van der Waals surface area (Å²) in [5.41, 5.74) is 1.80. The van der Waals surface area contributed by atoms with Crippen molar-refractivity contribution in [2.24, 2.45) is 0 Å². The molecule has 3 rings (SSSR count). The van der Waals surface area contributed by atoms with Gasteiger partial charge in [-0.3, -0.25) is 0 Å². The number of carbonyl (C=O) groups is 2. The van der Waals surface area contributed by atoms with E-state index in [4.69, 9.17) is 4.74 Å². The van der Waals surface area contributed by atoms with Crippen molar-refractivity contribution < 1.29 is 14.3 Å². The Kier molecular flexibility index (Phi) is 6.12. The van der Waals surface area contributed by atoms with Crippen molar-refractivity contribution in [1.82, 2.24) is 10.2 Å². The average Bonchev–Trinajstić information content (AvgIpc) is 3.17. The van der Waals surface area contributed by atoms with Crippen LogP contribution in [0.25, 0.3) is 10.4 Å². The number of hydrogen-bond acceptors (Lipinski definition) is 4. The van der Waals surface area contributed by atoms with Gasteiger partial charge < -0.3 is 20.3 Å². The Morgan fingerprint density at radius 1 is 1.19 bits per heavy atom. The molecular weight excluding hydrogens is 350 g/mol. The molecule has 1 aromatic carbocycles. The zero-order valence-electron chi connectivity index (χ0n) is 14.7. The third-order valence-electron chi connectivity index (χ3n) is 4.32. The smallest absolute Gasteiger partial charge is 0.409 e. The maximum Gasteiger partial charge on any atom is 0.409 e. The molecule has 1 aliphatic rings. The Morgan fingerprint density at radius 2 is 1.96 bits per heavy atom. The molecule has 0 atom stereocenters. The van der Waals surface area contributed by atoms with Crippen LogP contribution in [0, 0.1) is 0 Å². The van der Waals surface area contributed by atoms with E-state index in [9.17, 15) is 9.59 Å². The lowest BCUT2D eigenvalue weighted by Crippen LogP contribution is -2.47. The molecule has 0 radical (unpaired) electrons. The number of carbonyl (C=O) groups excluding carboxylic acids is 2. The number of ether oxygens (including phenoxy) is 1. The van der Waals surface area contributed by atoms with Gasteiger partial charge in [-0.1, -0.05) is 24.3 Å². The summed E-state index contributed by atoms with van der Waals surface area (Å²) >= 11 is 1.64. The zero-order valence-corrected chi connectivity index (χ0v) is 15.6. The summed E-state index contributed by atoms with van der Waals surface area (Å²) in [5, 5.41) is 7.98. The quantitative estimate of drug-likeness (QED) is 0.845. The summed E-state index contributed by atoms with van der Waals surface area (Å²) in [6.07, 6.45) is 1.16. The second-order valence-corrected chi connectivity index (χ2v) is 7.03. The Morgan fingerprint density at radius 3 is 2.65 bits per heavy atom. The van der Waals surface area contributed by atoms with Crippen LogP contribution in [0.3, 0.4) is 0 Å². The van der Waals surface area contributed by atoms with Gasteiger partial charge in [0.1, 0.15) is 0 Å². The number of amides is 3. The molecule has 1 aliphatic heterocycles. The number of likely N-dealkylation sites (tertiary alicyclic amines) is 1. The molecule has 1 aromatic heterocycles. The molecule has 2 aromatic rings.